The van der Waals surface area contributed by atoms with Crippen molar-refractivity contribution < 1.29 is 36.2 Å². The minimum absolute atomic E-state index is 0.118. The van der Waals surface area contributed by atoms with Gasteiger partial charge in [-0.2, -0.15) is 18.3 Å². The second kappa shape index (κ2) is 11.1. The Morgan fingerprint density at radius 2 is 1.93 bits per heavy atom. The molecular weight excluding hydrogens is 541 g/mol. The van der Waals surface area contributed by atoms with Crippen LogP contribution in [0.2, 0.25) is 0 Å². The zero-order valence-corrected chi connectivity index (χ0v) is 21.4. The van der Waals surface area contributed by atoms with Gasteiger partial charge < -0.3 is 10.6 Å². The second-order valence-electron chi connectivity index (χ2n) is 10.5. The molecule has 2 saturated carbocycles. The molecule has 0 aromatic carbocycles. The molecule has 3 fully saturated rings. The molecule has 40 heavy (non-hydrogen) atoms. The van der Waals surface area contributed by atoms with Crippen LogP contribution in [0.4, 0.5) is 22.0 Å². The van der Waals surface area contributed by atoms with E-state index in [1.165, 1.54) is 10.7 Å². The van der Waals surface area contributed by atoms with E-state index in [0.29, 0.717) is 35.4 Å². The third-order valence-electron chi connectivity index (χ3n) is 7.22. The third kappa shape index (κ3) is 6.73. The van der Waals surface area contributed by atoms with Crippen LogP contribution in [-0.4, -0.2) is 54.9 Å². The van der Waals surface area contributed by atoms with Gasteiger partial charge in [0.25, 0.3) is 5.91 Å². The molecule has 0 spiro atoms. The lowest BCUT2D eigenvalue weighted by molar-refractivity contribution is -0.154. The Hall–Kier alpha value is -3.65. The predicted molar refractivity (Wildman–Crippen MR) is 128 cm³/mol. The largest absolute Gasteiger partial charge is 0.408 e. The highest BCUT2D eigenvalue weighted by Crippen LogP contribution is 2.40. The van der Waals surface area contributed by atoms with Crippen molar-refractivity contribution in [2.75, 3.05) is 0 Å². The monoisotopic (exact) mass is 569 g/mol. The van der Waals surface area contributed by atoms with Crippen molar-refractivity contribution in [2.45, 2.75) is 88.4 Å². The minimum atomic E-state index is -4.46. The van der Waals surface area contributed by atoms with E-state index in [1.54, 1.807) is 12.3 Å². The molecule has 1 aliphatic heterocycles. The van der Waals surface area contributed by atoms with Crippen LogP contribution in [0.5, 0.6) is 0 Å². The predicted octanol–water partition coefficient (Wildman–Crippen LogP) is 4.12. The van der Waals surface area contributed by atoms with Crippen molar-refractivity contribution in [3.8, 4) is 0 Å². The van der Waals surface area contributed by atoms with E-state index in [2.05, 4.69) is 30.3 Å². The summed E-state index contributed by atoms with van der Waals surface area (Å²) >= 11 is 0. The molecule has 3 aromatic heterocycles. The Morgan fingerprint density at radius 1 is 1.18 bits per heavy atom. The summed E-state index contributed by atoms with van der Waals surface area (Å²) in [6.45, 7) is 0.118. The highest BCUT2D eigenvalue weighted by atomic mass is 19.4. The highest BCUT2D eigenvalue weighted by molar-refractivity contribution is 5.93. The van der Waals surface area contributed by atoms with E-state index in [-0.39, 0.29) is 43.8 Å². The first-order valence-electron chi connectivity index (χ1n) is 13.2. The Labute approximate surface area is 225 Å². The molecule has 2 aliphatic carbocycles. The molecule has 0 bridgehead atoms. The fourth-order valence-electron chi connectivity index (χ4n) is 4.88. The molecule has 10 nitrogen and oxygen atoms in total. The van der Waals surface area contributed by atoms with Crippen LogP contribution in [0.3, 0.4) is 0 Å². The fraction of sp³-hybridized carbons (Fsp3) is 0.600. The van der Waals surface area contributed by atoms with Crippen LogP contribution >= 0.6 is 0 Å². The van der Waals surface area contributed by atoms with Gasteiger partial charge in [0.15, 0.2) is 11.3 Å². The molecule has 2 atom stereocenters. The van der Waals surface area contributed by atoms with Crippen molar-refractivity contribution in [1.29, 1.82) is 0 Å². The standard InChI is InChI=1S/C19H18F3N7O3.C6H10F2/c20-19(21,22)13-5-11(17(30)26-13)3-9-4-14-25-12(8-29(14)24-6-9)7-23-18(31)16-15(10-1-2-10)27-32-28-16;7-6(8)4-2-1-3-5-6/h4,6,8,10-11,13H,1-3,5,7H2,(H,23,31)(H,26,30);1-5H2. The lowest BCUT2D eigenvalue weighted by Crippen LogP contribution is -2.38. The molecule has 3 aliphatic rings. The number of fused-ring (bicyclic) bond motifs is 1. The van der Waals surface area contributed by atoms with E-state index in [1.807, 2.05) is 5.32 Å². The van der Waals surface area contributed by atoms with Crippen LogP contribution in [0.15, 0.2) is 23.1 Å². The molecule has 3 aromatic rings. The van der Waals surface area contributed by atoms with E-state index >= 15 is 0 Å². The first kappa shape index (κ1) is 27.9. The fourth-order valence-corrected chi connectivity index (χ4v) is 4.88. The quantitative estimate of drug-likeness (QED) is 0.428. The molecule has 216 valence electrons. The van der Waals surface area contributed by atoms with E-state index in [0.717, 1.165) is 19.3 Å². The van der Waals surface area contributed by atoms with Gasteiger partial charge in [0, 0.05) is 24.7 Å². The molecule has 0 radical (unpaired) electrons. The summed E-state index contributed by atoms with van der Waals surface area (Å²) in [6.07, 6.45) is 3.05. The number of rotatable bonds is 6. The van der Waals surface area contributed by atoms with Crippen LogP contribution in [0, 0.1) is 5.92 Å². The van der Waals surface area contributed by atoms with Gasteiger partial charge in [0.2, 0.25) is 11.8 Å². The Morgan fingerprint density at radius 3 is 2.55 bits per heavy atom. The molecule has 1 saturated heterocycles. The number of imidazole rings is 1. The van der Waals surface area contributed by atoms with Crippen LogP contribution < -0.4 is 10.6 Å². The van der Waals surface area contributed by atoms with Gasteiger partial charge in [0.05, 0.1) is 24.6 Å². The average Bonchev–Trinajstić information content (AvgIpc) is 3.29. The van der Waals surface area contributed by atoms with Crippen molar-refractivity contribution in [3.05, 3.63) is 41.1 Å². The summed E-state index contributed by atoms with van der Waals surface area (Å²) in [7, 11) is 0. The summed E-state index contributed by atoms with van der Waals surface area (Å²) in [5.74, 6) is -3.92. The SMILES string of the molecule is FC1(F)CCCCC1.O=C(NCc1cn2ncc(CC3CC(C(F)(F)F)NC3=O)cc2n1)c1nonc1C1CC1. The van der Waals surface area contributed by atoms with Crippen molar-refractivity contribution in [1.82, 2.24) is 35.5 Å². The van der Waals surface area contributed by atoms with E-state index in [9.17, 15) is 31.5 Å². The maximum absolute atomic E-state index is 12.9. The summed E-state index contributed by atoms with van der Waals surface area (Å²) in [6, 6.07) is -0.155. The maximum Gasteiger partial charge on any atom is 0.408 e. The molecular formula is C25H28F5N7O3. The molecule has 15 heteroatoms. The second-order valence-corrected chi connectivity index (χ2v) is 10.5. The van der Waals surface area contributed by atoms with Gasteiger partial charge in [-0.15, -0.1) is 0 Å². The smallest absolute Gasteiger partial charge is 0.345 e. The van der Waals surface area contributed by atoms with E-state index in [4.69, 9.17) is 0 Å². The molecule has 2 amide bonds. The number of nitrogens with one attached hydrogen (secondary N) is 2. The van der Waals surface area contributed by atoms with Gasteiger partial charge >= 0.3 is 6.18 Å². The van der Waals surface area contributed by atoms with Crippen LogP contribution in [-0.2, 0) is 17.8 Å². The van der Waals surface area contributed by atoms with Crippen molar-refractivity contribution >= 4 is 17.5 Å². The van der Waals surface area contributed by atoms with Gasteiger partial charge in [-0.3, -0.25) is 9.59 Å². The lowest BCUT2D eigenvalue weighted by Gasteiger charge is -2.20. The van der Waals surface area contributed by atoms with Gasteiger partial charge in [-0.05, 0) is 55.3 Å². The van der Waals surface area contributed by atoms with Gasteiger partial charge in [-0.25, -0.2) is 22.9 Å². The number of hydrogen-bond acceptors (Lipinski definition) is 7. The zero-order valence-electron chi connectivity index (χ0n) is 21.4. The number of nitrogens with zero attached hydrogens (tertiary/aromatic N) is 5. The van der Waals surface area contributed by atoms with Gasteiger partial charge in [-0.1, -0.05) is 11.6 Å². The lowest BCUT2D eigenvalue weighted by atomic mass is 9.97. The van der Waals surface area contributed by atoms with Crippen molar-refractivity contribution in [3.63, 3.8) is 0 Å². The topological polar surface area (TPSA) is 127 Å². The zero-order chi connectivity index (χ0) is 28.5. The molecule has 6 rings (SSSR count). The van der Waals surface area contributed by atoms with Gasteiger partial charge in [0.1, 0.15) is 11.7 Å². The van der Waals surface area contributed by atoms with Crippen LogP contribution in [0.25, 0.3) is 5.65 Å². The van der Waals surface area contributed by atoms with E-state index < -0.39 is 35.9 Å². The number of amides is 2. The normalized spacial score (nSPS) is 22.5. The number of carbonyl (C=O) groups is 2. The molecule has 2 N–H and O–H groups in total. The summed E-state index contributed by atoms with van der Waals surface area (Å²) in [5.41, 5.74) is 2.32. The Kier molecular flexibility index (Phi) is 7.73. The van der Waals surface area contributed by atoms with Crippen molar-refractivity contribution in [2.24, 2.45) is 5.92 Å². The molecule has 2 unspecified atom stereocenters. The first-order chi connectivity index (χ1) is 19.0. The maximum atomic E-state index is 12.9. The third-order valence-corrected chi connectivity index (χ3v) is 7.22. The number of alkyl halides is 5. The number of carbonyl (C=O) groups excluding carboxylic acids is 2. The van der Waals surface area contributed by atoms with Crippen LogP contribution in [0.1, 0.15) is 84.7 Å². The Bertz CT molecular complexity index is 1360. The summed E-state index contributed by atoms with van der Waals surface area (Å²) in [5, 5.41) is 16.4. The number of halogens is 5. The number of aromatic nitrogens is 5. The minimum Gasteiger partial charge on any atom is -0.345 e. The first-order valence-corrected chi connectivity index (χ1v) is 13.2. The Balaban J connectivity index is 0.000000348. The summed E-state index contributed by atoms with van der Waals surface area (Å²) in [4.78, 5) is 28.7. The highest BCUT2D eigenvalue weighted by Gasteiger charge is 2.47. The molecule has 4 heterocycles. The summed E-state index contributed by atoms with van der Waals surface area (Å²) < 4.78 is 69.2. The average molecular weight is 570 g/mol. The number of hydrogen-bond donors (Lipinski definition) is 2.